The highest BCUT2D eigenvalue weighted by molar-refractivity contribution is 7.12. The molecule has 4 heterocycles. The van der Waals surface area contributed by atoms with Gasteiger partial charge in [0.25, 0.3) is 11.8 Å². The number of fused-ring (bicyclic) bond motifs is 2. The number of benzene rings is 1. The second kappa shape index (κ2) is 8.61. The molecule has 1 N–H and O–H groups in total. The monoisotopic (exact) mass is 432 g/mol. The van der Waals surface area contributed by atoms with E-state index in [-0.39, 0.29) is 23.9 Å². The van der Waals surface area contributed by atoms with Crippen molar-refractivity contribution in [3.05, 3.63) is 82.3 Å². The first-order chi connectivity index (χ1) is 15.2. The third-order valence-corrected chi connectivity index (χ3v) is 7.07. The van der Waals surface area contributed by atoms with E-state index in [1.165, 1.54) is 11.3 Å². The van der Waals surface area contributed by atoms with Gasteiger partial charge in [0.2, 0.25) is 0 Å². The van der Waals surface area contributed by atoms with Crippen molar-refractivity contribution in [1.82, 2.24) is 15.2 Å². The van der Waals surface area contributed by atoms with Gasteiger partial charge in [0, 0.05) is 49.8 Å². The Morgan fingerprint density at radius 2 is 2.00 bits per heavy atom. The van der Waals surface area contributed by atoms with Crippen LogP contribution in [0.4, 0.5) is 5.69 Å². The van der Waals surface area contributed by atoms with E-state index in [1.807, 2.05) is 46.7 Å². The maximum atomic E-state index is 13.3. The molecule has 2 aliphatic heterocycles. The van der Waals surface area contributed by atoms with Crippen molar-refractivity contribution in [1.29, 1.82) is 0 Å². The molecule has 1 fully saturated rings. The molecule has 0 radical (unpaired) electrons. The Labute approximate surface area is 185 Å². The van der Waals surface area contributed by atoms with Gasteiger partial charge in [-0.1, -0.05) is 24.3 Å². The summed E-state index contributed by atoms with van der Waals surface area (Å²) in [5.74, 6) is -0.0288. The van der Waals surface area contributed by atoms with E-state index in [2.05, 4.69) is 21.3 Å². The summed E-state index contributed by atoms with van der Waals surface area (Å²) in [6.45, 7) is 2.03. The second-order valence-electron chi connectivity index (χ2n) is 8.03. The topological polar surface area (TPSA) is 65.5 Å². The molecular weight excluding hydrogens is 408 g/mol. The van der Waals surface area contributed by atoms with Gasteiger partial charge < -0.3 is 10.2 Å². The van der Waals surface area contributed by atoms with E-state index in [0.29, 0.717) is 18.7 Å². The zero-order valence-corrected chi connectivity index (χ0v) is 17.9. The van der Waals surface area contributed by atoms with Crippen LogP contribution in [0.25, 0.3) is 0 Å². The third kappa shape index (κ3) is 3.98. The molecule has 0 spiro atoms. The number of carbonyl (C=O) groups is 2. The average Bonchev–Trinajstić information content (AvgIpc) is 3.44. The SMILES string of the molecule is O=C(NC[C@@H]1CC[C@@H]2CN(C(=O)c3cccnc3)c3ccccc3CN21)c1cccs1. The minimum atomic E-state index is -0.0168. The van der Waals surface area contributed by atoms with Gasteiger partial charge in [-0.05, 0) is 48.1 Å². The first kappa shape index (κ1) is 19.9. The van der Waals surface area contributed by atoms with Crippen LogP contribution in [0, 0.1) is 0 Å². The van der Waals surface area contributed by atoms with Crippen molar-refractivity contribution in [3.8, 4) is 0 Å². The van der Waals surface area contributed by atoms with Crippen LogP contribution in [0.1, 0.15) is 38.4 Å². The van der Waals surface area contributed by atoms with Crippen LogP contribution in [0.5, 0.6) is 0 Å². The number of anilines is 1. The van der Waals surface area contributed by atoms with Gasteiger partial charge in [-0.15, -0.1) is 11.3 Å². The predicted molar refractivity (Wildman–Crippen MR) is 121 cm³/mol. The van der Waals surface area contributed by atoms with E-state index in [0.717, 1.165) is 35.5 Å². The minimum absolute atomic E-state index is 0.0120. The zero-order chi connectivity index (χ0) is 21.2. The van der Waals surface area contributed by atoms with Crippen LogP contribution in [0.3, 0.4) is 0 Å². The first-order valence-electron chi connectivity index (χ1n) is 10.6. The molecule has 31 heavy (non-hydrogen) atoms. The molecule has 0 saturated carbocycles. The lowest BCUT2D eigenvalue weighted by molar-refractivity contribution is 0.0938. The van der Waals surface area contributed by atoms with Crippen molar-refractivity contribution in [2.45, 2.75) is 31.5 Å². The highest BCUT2D eigenvalue weighted by Gasteiger charge is 2.39. The number of hydrogen-bond acceptors (Lipinski definition) is 5. The molecule has 7 heteroatoms. The molecule has 2 atom stereocenters. The van der Waals surface area contributed by atoms with E-state index < -0.39 is 0 Å². The Kier molecular flexibility index (Phi) is 5.53. The van der Waals surface area contributed by atoms with Crippen molar-refractivity contribution >= 4 is 28.8 Å². The fourth-order valence-corrected chi connectivity index (χ4v) is 5.28. The van der Waals surface area contributed by atoms with Crippen molar-refractivity contribution in [2.24, 2.45) is 0 Å². The summed E-state index contributed by atoms with van der Waals surface area (Å²) in [6, 6.07) is 16.0. The predicted octanol–water partition coefficient (Wildman–Crippen LogP) is 3.57. The van der Waals surface area contributed by atoms with Crippen LogP contribution < -0.4 is 10.2 Å². The number of pyridine rings is 1. The van der Waals surface area contributed by atoms with Gasteiger partial charge in [-0.3, -0.25) is 19.5 Å². The van der Waals surface area contributed by atoms with E-state index >= 15 is 0 Å². The van der Waals surface area contributed by atoms with Crippen LogP contribution in [-0.2, 0) is 6.54 Å². The minimum Gasteiger partial charge on any atom is -0.350 e. The number of nitrogens with one attached hydrogen (secondary N) is 1. The Hall–Kier alpha value is -3.03. The summed E-state index contributed by atoms with van der Waals surface area (Å²) in [5.41, 5.74) is 2.70. The Balaban J connectivity index is 1.37. The molecule has 6 nitrogen and oxygen atoms in total. The van der Waals surface area contributed by atoms with Gasteiger partial charge >= 0.3 is 0 Å². The second-order valence-corrected chi connectivity index (χ2v) is 8.98. The van der Waals surface area contributed by atoms with Crippen molar-refractivity contribution in [2.75, 3.05) is 18.0 Å². The number of rotatable bonds is 4. The fourth-order valence-electron chi connectivity index (χ4n) is 4.64. The lowest BCUT2D eigenvalue weighted by Gasteiger charge is -2.29. The highest BCUT2D eigenvalue weighted by atomic mass is 32.1. The molecule has 0 unspecified atom stereocenters. The Morgan fingerprint density at radius 1 is 1.10 bits per heavy atom. The Morgan fingerprint density at radius 3 is 2.81 bits per heavy atom. The van der Waals surface area contributed by atoms with Gasteiger partial charge in [0.15, 0.2) is 0 Å². The van der Waals surface area contributed by atoms with Crippen LogP contribution in [0.2, 0.25) is 0 Å². The maximum absolute atomic E-state index is 13.3. The summed E-state index contributed by atoms with van der Waals surface area (Å²) < 4.78 is 0. The average molecular weight is 433 g/mol. The van der Waals surface area contributed by atoms with Crippen molar-refractivity contribution in [3.63, 3.8) is 0 Å². The summed E-state index contributed by atoms with van der Waals surface area (Å²) in [6.07, 6.45) is 5.32. The largest absolute Gasteiger partial charge is 0.350 e. The third-order valence-electron chi connectivity index (χ3n) is 6.20. The molecule has 1 saturated heterocycles. The van der Waals surface area contributed by atoms with Gasteiger partial charge in [0.05, 0.1) is 10.4 Å². The summed E-state index contributed by atoms with van der Waals surface area (Å²) >= 11 is 1.46. The zero-order valence-electron chi connectivity index (χ0n) is 17.1. The standard InChI is InChI=1S/C24H24N4O2S/c29-23(22-8-4-12-31-22)26-14-19-9-10-20-16-28(24(30)17-6-3-11-25-13-17)21-7-2-1-5-18(21)15-27(19)20/h1-8,11-13,19-20H,9-10,14-16H2,(H,26,29)/t19-,20+/m0/s1. The molecule has 3 aromatic rings. The smallest absolute Gasteiger partial charge is 0.261 e. The number of nitrogens with zero attached hydrogens (tertiary/aromatic N) is 3. The molecule has 2 aromatic heterocycles. The first-order valence-corrected chi connectivity index (χ1v) is 11.5. The van der Waals surface area contributed by atoms with Crippen LogP contribution in [-0.4, -0.2) is 46.9 Å². The van der Waals surface area contributed by atoms with Gasteiger partial charge in [-0.2, -0.15) is 0 Å². The van der Waals surface area contributed by atoms with Crippen LogP contribution >= 0.6 is 11.3 Å². The molecule has 2 aliphatic rings. The van der Waals surface area contributed by atoms with Gasteiger partial charge in [-0.25, -0.2) is 0 Å². The molecule has 5 rings (SSSR count). The normalized spacial score (nSPS) is 20.6. The number of hydrogen-bond donors (Lipinski definition) is 1. The Bertz CT molecular complexity index is 1070. The fraction of sp³-hybridized carbons (Fsp3) is 0.292. The molecule has 0 aliphatic carbocycles. The van der Waals surface area contributed by atoms with E-state index in [1.54, 1.807) is 18.5 Å². The summed E-state index contributed by atoms with van der Waals surface area (Å²) in [7, 11) is 0. The number of thiophene rings is 1. The maximum Gasteiger partial charge on any atom is 0.261 e. The number of carbonyl (C=O) groups excluding carboxylic acids is 2. The highest BCUT2D eigenvalue weighted by Crippen LogP contribution is 2.35. The lowest BCUT2D eigenvalue weighted by atomic mass is 10.1. The van der Waals surface area contributed by atoms with Crippen molar-refractivity contribution < 1.29 is 9.59 Å². The van der Waals surface area contributed by atoms with E-state index in [4.69, 9.17) is 0 Å². The van der Waals surface area contributed by atoms with E-state index in [9.17, 15) is 9.59 Å². The summed E-state index contributed by atoms with van der Waals surface area (Å²) in [4.78, 5) is 35.0. The molecule has 1 aromatic carbocycles. The quantitative estimate of drug-likeness (QED) is 0.685. The molecule has 2 amide bonds. The molecular formula is C24H24N4O2S. The molecule has 158 valence electrons. The molecule has 0 bridgehead atoms. The lowest BCUT2D eigenvalue weighted by Crippen LogP contribution is -2.45. The summed E-state index contributed by atoms with van der Waals surface area (Å²) in [5, 5.41) is 5.02. The number of para-hydroxylation sites is 1. The van der Waals surface area contributed by atoms with Crippen LogP contribution in [0.15, 0.2) is 66.3 Å². The number of amides is 2. The number of aromatic nitrogens is 1. The van der Waals surface area contributed by atoms with Gasteiger partial charge in [0.1, 0.15) is 0 Å².